The zero-order valence-corrected chi connectivity index (χ0v) is 9.65. The van der Waals surface area contributed by atoms with E-state index in [1.807, 2.05) is 22.2 Å². The highest BCUT2D eigenvalue weighted by Gasteiger charge is 2.03. The number of halogens is 1. The molecule has 3 nitrogen and oxygen atoms in total. The van der Waals surface area contributed by atoms with E-state index in [4.69, 9.17) is 4.74 Å². The van der Waals surface area contributed by atoms with E-state index in [-0.39, 0.29) is 5.82 Å². The SMILES string of the molecule is Fc1cccc(OCc2cn3ccsc3n2)c1. The molecule has 0 saturated heterocycles. The second kappa shape index (κ2) is 4.18. The number of rotatable bonds is 3. The monoisotopic (exact) mass is 248 g/mol. The fourth-order valence-corrected chi connectivity index (χ4v) is 2.28. The van der Waals surface area contributed by atoms with Gasteiger partial charge in [-0.25, -0.2) is 9.37 Å². The highest BCUT2D eigenvalue weighted by atomic mass is 32.1. The van der Waals surface area contributed by atoms with Gasteiger partial charge >= 0.3 is 0 Å². The van der Waals surface area contributed by atoms with Crippen LogP contribution >= 0.6 is 11.3 Å². The number of nitrogens with zero attached hydrogens (tertiary/aromatic N) is 2. The minimum atomic E-state index is -0.298. The van der Waals surface area contributed by atoms with Gasteiger partial charge in [0.1, 0.15) is 18.2 Å². The van der Waals surface area contributed by atoms with Crippen LogP contribution in [0.1, 0.15) is 5.69 Å². The highest BCUT2D eigenvalue weighted by molar-refractivity contribution is 7.15. The van der Waals surface area contributed by atoms with Crippen molar-refractivity contribution in [2.45, 2.75) is 6.61 Å². The molecule has 0 spiro atoms. The van der Waals surface area contributed by atoms with Crippen molar-refractivity contribution in [3.05, 3.63) is 53.6 Å². The maximum absolute atomic E-state index is 12.9. The minimum absolute atomic E-state index is 0.298. The van der Waals surface area contributed by atoms with E-state index in [0.29, 0.717) is 12.4 Å². The van der Waals surface area contributed by atoms with Crippen LogP contribution in [0.2, 0.25) is 0 Å². The average molecular weight is 248 g/mol. The molecular formula is C12H9FN2OS. The molecule has 0 unspecified atom stereocenters. The summed E-state index contributed by atoms with van der Waals surface area (Å²) < 4.78 is 20.3. The van der Waals surface area contributed by atoms with Crippen LogP contribution in [0.4, 0.5) is 4.39 Å². The topological polar surface area (TPSA) is 26.5 Å². The van der Waals surface area contributed by atoms with Crippen LogP contribution < -0.4 is 4.74 Å². The maximum atomic E-state index is 12.9. The van der Waals surface area contributed by atoms with E-state index >= 15 is 0 Å². The summed E-state index contributed by atoms with van der Waals surface area (Å²) >= 11 is 1.57. The maximum Gasteiger partial charge on any atom is 0.193 e. The van der Waals surface area contributed by atoms with Crippen molar-refractivity contribution in [1.29, 1.82) is 0 Å². The smallest absolute Gasteiger partial charge is 0.193 e. The molecular weight excluding hydrogens is 239 g/mol. The zero-order valence-electron chi connectivity index (χ0n) is 8.84. The molecule has 0 aliphatic rings. The van der Waals surface area contributed by atoms with Gasteiger partial charge in [-0.1, -0.05) is 6.07 Å². The Morgan fingerprint density at radius 1 is 1.41 bits per heavy atom. The molecule has 86 valence electrons. The zero-order chi connectivity index (χ0) is 11.7. The third kappa shape index (κ3) is 2.14. The predicted octanol–water partition coefficient (Wildman–Crippen LogP) is 3.11. The van der Waals surface area contributed by atoms with Crippen LogP contribution in [0.15, 0.2) is 42.0 Å². The second-order valence-corrected chi connectivity index (χ2v) is 4.44. The molecule has 0 aliphatic carbocycles. The number of hydrogen-bond acceptors (Lipinski definition) is 3. The summed E-state index contributed by atoms with van der Waals surface area (Å²) in [5.74, 6) is 0.217. The van der Waals surface area contributed by atoms with E-state index < -0.39 is 0 Å². The standard InChI is InChI=1S/C12H9FN2OS/c13-9-2-1-3-11(6-9)16-8-10-7-15-4-5-17-12(15)14-10/h1-7H,8H2. The molecule has 0 bridgehead atoms. The number of thiazole rings is 1. The fourth-order valence-electron chi connectivity index (χ4n) is 1.56. The van der Waals surface area contributed by atoms with E-state index in [9.17, 15) is 4.39 Å². The molecule has 0 saturated carbocycles. The van der Waals surface area contributed by atoms with Crippen molar-refractivity contribution in [1.82, 2.24) is 9.38 Å². The molecule has 2 heterocycles. The number of fused-ring (bicyclic) bond motifs is 1. The van der Waals surface area contributed by atoms with Crippen molar-refractivity contribution >= 4 is 16.3 Å². The Hall–Kier alpha value is -1.88. The molecule has 3 rings (SSSR count). The fraction of sp³-hybridized carbons (Fsp3) is 0.0833. The van der Waals surface area contributed by atoms with Crippen LogP contribution in [-0.2, 0) is 6.61 Å². The highest BCUT2D eigenvalue weighted by Crippen LogP contribution is 2.15. The lowest BCUT2D eigenvalue weighted by Crippen LogP contribution is -1.95. The molecule has 0 N–H and O–H groups in total. The summed E-state index contributed by atoms with van der Waals surface area (Å²) in [5, 5.41) is 1.97. The Morgan fingerprint density at radius 2 is 2.35 bits per heavy atom. The van der Waals surface area contributed by atoms with Crippen molar-refractivity contribution < 1.29 is 9.13 Å². The van der Waals surface area contributed by atoms with Crippen LogP contribution in [0.3, 0.4) is 0 Å². The molecule has 0 amide bonds. The third-order valence-electron chi connectivity index (χ3n) is 2.33. The van der Waals surface area contributed by atoms with Gasteiger partial charge in [0.25, 0.3) is 0 Å². The largest absolute Gasteiger partial charge is 0.487 e. The molecule has 0 fully saturated rings. The molecule has 0 aliphatic heterocycles. The lowest BCUT2D eigenvalue weighted by molar-refractivity contribution is 0.300. The predicted molar refractivity (Wildman–Crippen MR) is 63.8 cm³/mol. The Balaban J connectivity index is 1.74. The van der Waals surface area contributed by atoms with Gasteiger partial charge in [-0.15, -0.1) is 11.3 Å². The summed E-state index contributed by atoms with van der Waals surface area (Å²) in [6.07, 6.45) is 3.85. The van der Waals surface area contributed by atoms with Gasteiger partial charge in [0, 0.05) is 23.8 Å². The quantitative estimate of drug-likeness (QED) is 0.712. The van der Waals surface area contributed by atoms with Gasteiger partial charge in [0.2, 0.25) is 0 Å². The average Bonchev–Trinajstić information content (AvgIpc) is 2.86. The summed E-state index contributed by atoms with van der Waals surface area (Å²) in [6, 6.07) is 6.09. The van der Waals surface area contributed by atoms with Gasteiger partial charge in [-0.3, -0.25) is 4.40 Å². The normalized spacial score (nSPS) is 10.9. The van der Waals surface area contributed by atoms with Gasteiger partial charge in [-0.05, 0) is 12.1 Å². The molecule has 1 aromatic carbocycles. The van der Waals surface area contributed by atoms with Crippen LogP contribution in [-0.4, -0.2) is 9.38 Å². The Bertz CT molecular complexity index is 618. The number of benzene rings is 1. The van der Waals surface area contributed by atoms with Crippen LogP contribution in [0.5, 0.6) is 5.75 Å². The number of aromatic nitrogens is 2. The lowest BCUT2D eigenvalue weighted by atomic mass is 10.3. The summed E-state index contributed by atoms with van der Waals surface area (Å²) in [5.41, 5.74) is 0.834. The molecule has 17 heavy (non-hydrogen) atoms. The van der Waals surface area contributed by atoms with E-state index in [0.717, 1.165) is 10.7 Å². The number of hydrogen-bond donors (Lipinski definition) is 0. The second-order valence-electron chi connectivity index (χ2n) is 3.57. The summed E-state index contributed by atoms with van der Waals surface area (Å²) in [7, 11) is 0. The van der Waals surface area contributed by atoms with Crippen molar-refractivity contribution in [3.63, 3.8) is 0 Å². The molecule has 0 radical (unpaired) electrons. The van der Waals surface area contributed by atoms with Crippen LogP contribution in [0.25, 0.3) is 4.96 Å². The minimum Gasteiger partial charge on any atom is -0.487 e. The first-order valence-corrected chi connectivity index (χ1v) is 5.99. The van der Waals surface area contributed by atoms with E-state index in [1.54, 1.807) is 23.5 Å². The lowest BCUT2D eigenvalue weighted by Gasteiger charge is -2.03. The van der Waals surface area contributed by atoms with Gasteiger partial charge < -0.3 is 4.74 Å². The number of ether oxygens (including phenoxy) is 1. The first-order valence-electron chi connectivity index (χ1n) is 5.11. The molecule has 2 aromatic heterocycles. The van der Waals surface area contributed by atoms with Crippen LogP contribution in [0, 0.1) is 5.82 Å². The summed E-state index contributed by atoms with van der Waals surface area (Å²) in [6.45, 7) is 0.345. The third-order valence-corrected chi connectivity index (χ3v) is 3.10. The van der Waals surface area contributed by atoms with E-state index in [1.165, 1.54) is 12.1 Å². The molecule has 3 aromatic rings. The van der Waals surface area contributed by atoms with Crippen molar-refractivity contribution in [3.8, 4) is 5.75 Å². The molecule has 0 atom stereocenters. The first kappa shape index (κ1) is 10.3. The van der Waals surface area contributed by atoms with Crippen molar-refractivity contribution in [2.75, 3.05) is 0 Å². The summed E-state index contributed by atoms with van der Waals surface area (Å²) in [4.78, 5) is 5.31. The van der Waals surface area contributed by atoms with Crippen molar-refractivity contribution in [2.24, 2.45) is 0 Å². The van der Waals surface area contributed by atoms with Gasteiger partial charge in [0.15, 0.2) is 4.96 Å². The first-order chi connectivity index (χ1) is 8.31. The van der Waals surface area contributed by atoms with E-state index in [2.05, 4.69) is 4.98 Å². The number of imidazole rings is 1. The Kier molecular flexibility index (Phi) is 2.53. The van der Waals surface area contributed by atoms with Gasteiger partial charge in [-0.2, -0.15) is 0 Å². The Morgan fingerprint density at radius 3 is 3.18 bits per heavy atom. The molecule has 5 heteroatoms. The van der Waals surface area contributed by atoms with Gasteiger partial charge in [0.05, 0.1) is 5.69 Å². The Labute approximate surface area is 101 Å².